The first-order valence-corrected chi connectivity index (χ1v) is 8.97. The molecule has 0 fully saturated rings. The minimum absolute atomic E-state index is 0.656. The summed E-state index contributed by atoms with van der Waals surface area (Å²) >= 11 is 0. The number of aryl methyl sites for hydroxylation is 1. The van der Waals surface area contributed by atoms with Crippen LogP contribution in [0.2, 0.25) is 0 Å². The summed E-state index contributed by atoms with van der Waals surface area (Å²) in [7, 11) is 0. The molecule has 1 aromatic heterocycles. The summed E-state index contributed by atoms with van der Waals surface area (Å²) < 4.78 is 7.36. The number of hydrogen-bond donors (Lipinski definition) is 2. The first kappa shape index (κ1) is 19.0. The smallest absolute Gasteiger partial charge is 0.191 e. The Kier molecular flexibility index (Phi) is 8.55. The molecule has 0 saturated carbocycles. The predicted octanol–water partition coefficient (Wildman–Crippen LogP) is 2.57. The van der Waals surface area contributed by atoms with Gasteiger partial charge in [-0.2, -0.15) is 5.10 Å². The lowest BCUT2D eigenvalue weighted by atomic mass is 10.1. The van der Waals surface area contributed by atoms with Gasteiger partial charge in [0.1, 0.15) is 0 Å². The molecule has 25 heavy (non-hydrogen) atoms. The molecule has 6 heteroatoms. The molecule has 0 bridgehead atoms. The van der Waals surface area contributed by atoms with Crippen LogP contribution < -0.4 is 10.6 Å². The number of nitrogens with zero attached hydrogens (tertiary/aromatic N) is 3. The summed E-state index contributed by atoms with van der Waals surface area (Å²) in [6.45, 7) is 8.75. The van der Waals surface area contributed by atoms with Gasteiger partial charge in [-0.15, -0.1) is 0 Å². The summed E-state index contributed by atoms with van der Waals surface area (Å²) in [6.07, 6.45) is 4.78. The molecular formula is C19H29N5O. The number of aliphatic imine (C=N–C) groups is 1. The maximum Gasteiger partial charge on any atom is 0.191 e. The molecule has 0 aliphatic heterocycles. The van der Waals surface area contributed by atoms with Crippen molar-refractivity contribution in [3.8, 4) is 0 Å². The fourth-order valence-corrected chi connectivity index (χ4v) is 2.35. The molecule has 6 nitrogen and oxygen atoms in total. The van der Waals surface area contributed by atoms with Gasteiger partial charge in [0.2, 0.25) is 0 Å². The van der Waals surface area contributed by atoms with Crippen LogP contribution in [0.15, 0.2) is 47.7 Å². The van der Waals surface area contributed by atoms with E-state index in [9.17, 15) is 0 Å². The van der Waals surface area contributed by atoms with Crippen molar-refractivity contribution < 1.29 is 4.74 Å². The molecule has 0 atom stereocenters. The third-order valence-electron chi connectivity index (χ3n) is 3.68. The molecule has 2 rings (SSSR count). The Morgan fingerprint density at radius 1 is 1.16 bits per heavy atom. The number of ether oxygens (including phenoxy) is 1. The molecule has 0 saturated heterocycles. The monoisotopic (exact) mass is 343 g/mol. The second kappa shape index (κ2) is 11.3. The van der Waals surface area contributed by atoms with Crippen LogP contribution in [0.5, 0.6) is 0 Å². The van der Waals surface area contributed by atoms with Gasteiger partial charge in [-0.3, -0.25) is 4.68 Å². The Balaban J connectivity index is 1.77. The molecule has 2 N–H and O–H groups in total. The highest BCUT2D eigenvalue weighted by Crippen LogP contribution is 2.07. The van der Waals surface area contributed by atoms with Crippen LogP contribution in [-0.2, 0) is 24.4 Å². The molecule has 0 aliphatic carbocycles. The predicted molar refractivity (Wildman–Crippen MR) is 101 cm³/mol. The molecule has 0 unspecified atom stereocenters. The van der Waals surface area contributed by atoms with E-state index in [4.69, 9.17) is 4.74 Å². The molecule has 1 aromatic carbocycles. The zero-order chi connectivity index (χ0) is 17.7. The topological polar surface area (TPSA) is 63.5 Å². The van der Waals surface area contributed by atoms with Gasteiger partial charge in [0.15, 0.2) is 5.96 Å². The van der Waals surface area contributed by atoms with Crippen LogP contribution in [0.3, 0.4) is 0 Å². The van der Waals surface area contributed by atoms with Crippen molar-refractivity contribution in [2.75, 3.05) is 19.7 Å². The first-order valence-electron chi connectivity index (χ1n) is 8.97. The number of guanidine groups is 1. The summed E-state index contributed by atoms with van der Waals surface area (Å²) in [5.41, 5.74) is 2.38. The summed E-state index contributed by atoms with van der Waals surface area (Å²) in [4.78, 5) is 4.65. The van der Waals surface area contributed by atoms with Crippen molar-refractivity contribution in [3.63, 3.8) is 0 Å². The molecular weight excluding hydrogens is 314 g/mol. The largest absolute Gasteiger partial charge is 0.377 e. The lowest BCUT2D eigenvalue weighted by Crippen LogP contribution is -2.38. The highest BCUT2D eigenvalue weighted by Gasteiger charge is 1.99. The van der Waals surface area contributed by atoms with E-state index in [0.717, 1.165) is 38.6 Å². The SMILES string of the molecule is CCNC(=NCc1ccc(COCC)cc1)NCCCn1cccn1. The van der Waals surface area contributed by atoms with E-state index in [1.807, 2.05) is 23.9 Å². The highest BCUT2D eigenvalue weighted by atomic mass is 16.5. The van der Waals surface area contributed by atoms with Crippen LogP contribution in [0.1, 0.15) is 31.4 Å². The summed E-state index contributed by atoms with van der Waals surface area (Å²) in [5.74, 6) is 0.848. The average molecular weight is 343 g/mol. The van der Waals surface area contributed by atoms with E-state index in [2.05, 4.69) is 51.9 Å². The Bertz CT molecular complexity index is 607. The first-order chi connectivity index (χ1) is 12.3. The Hall–Kier alpha value is -2.34. The van der Waals surface area contributed by atoms with E-state index in [0.29, 0.717) is 13.2 Å². The van der Waals surface area contributed by atoms with E-state index in [1.54, 1.807) is 6.20 Å². The van der Waals surface area contributed by atoms with Gasteiger partial charge in [0, 0.05) is 38.6 Å². The van der Waals surface area contributed by atoms with Crippen molar-refractivity contribution in [3.05, 3.63) is 53.9 Å². The van der Waals surface area contributed by atoms with Gasteiger partial charge in [-0.1, -0.05) is 24.3 Å². The van der Waals surface area contributed by atoms with Gasteiger partial charge in [0.25, 0.3) is 0 Å². The van der Waals surface area contributed by atoms with Gasteiger partial charge in [-0.05, 0) is 37.5 Å². The van der Waals surface area contributed by atoms with Crippen LogP contribution in [0.4, 0.5) is 0 Å². The highest BCUT2D eigenvalue weighted by molar-refractivity contribution is 5.79. The fourth-order valence-electron chi connectivity index (χ4n) is 2.35. The van der Waals surface area contributed by atoms with Crippen molar-refractivity contribution in [2.24, 2.45) is 4.99 Å². The zero-order valence-corrected chi connectivity index (χ0v) is 15.2. The quantitative estimate of drug-likeness (QED) is 0.395. The second-order valence-corrected chi connectivity index (χ2v) is 5.70. The summed E-state index contributed by atoms with van der Waals surface area (Å²) in [6, 6.07) is 10.4. The maximum atomic E-state index is 5.42. The minimum atomic E-state index is 0.656. The second-order valence-electron chi connectivity index (χ2n) is 5.70. The van der Waals surface area contributed by atoms with E-state index >= 15 is 0 Å². The molecule has 136 valence electrons. The molecule has 1 heterocycles. The van der Waals surface area contributed by atoms with Gasteiger partial charge in [0.05, 0.1) is 13.2 Å². The van der Waals surface area contributed by atoms with Crippen molar-refractivity contribution >= 4 is 5.96 Å². The van der Waals surface area contributed by atoms with Gasteiger partial charge >= 0.3 is 0 Å². The molecule has 0 spiro atoms. The minimum Gasteiger partial charge on any atom is -0.377 e. The Morgan fingerprint density at radius 3 is 2.64 bits per heavy atom. The Labute approximate surface area is 150 Å². The molecule has 0 aliphatic rings. The van der Waals surface area contributed by atoms with Gasteiger partial charge in [-0.25, -0.2) is 4.99 Å². The lowest BCUT2D eigenvalue weighted by molar-refractivity contribution is 0.134. The van der Waals surface area contributed by atoms with Crippen LogP contribution in [0.25, 0.3) is 0 Å². The molecule has 0 amide bonds. The maximum absolute atomic E-state index is 5.42. The standard InChI is InChI=1S/C19H29N5O/c1-3-20-19(21-11-5-13-24-14-6-12-23-24)22-15-17-7-9-18(10-8-17)16-25-4-2/h6-10,12,14H,3-5,11,13,15-16H2,1-2H3,(H2,20,21,22). The van der Waals surface area contributed by atoms with E-state index < -0.39 is 0 Å². The molecule has 2 aromatic rings. The van der Waals surface area contributed by atoms with Crippen molar-refractivity contribution in [1.82, 2.24) is 20.4 Å². The normalized spacial score (nSPS) is 11.5. The van der Waals surface area contributed by atoms with Crippen LogP contribution in [-0.4, -0.2) is 35.4 Å². The van der Waals surface area contributed by atoms with E-state index in [1.165, 1.54) is 11.1 Å². The summed E-state index contributed by atoms with van der Waals surface area (Å²) in [5, 5.41) is 10.9. The Morgan fingerprint density at radius 2 is 1.96 bits per heavy atom. The third kappa shape index (κ3) is 7.39. The van der Waals surface area contributed by atoms with Crippen molar-refractivity contribution in [1.29, 1.82) is 0 Å². The fraction of sp³-hybridized carbons (Fsp3) is 0.474. The number of rotatable bonds is 10. The van der Waals surface area contributed by atoms with Crippen LogP contribution in [0, 0.1) is 0 Å². The number of aromatic nitrogens is 2. The lowest BCUT2D eigenvalue weighted by Gasteiger charge is -2.11. The van der Waals surface area contributed by atoms with Crippen molar-refractivity contribution in [2.45, 2.75) is 40.0 Å². The number of benzene rings is 1. The van der Waals surface area contributed by atoms with E-state index in [-0.39, 0.29) is 0 Å². The zero-order valence-electron chi connectivity index (χ0n) is 15.2. The number of nitrogens with one attached hydrogen (secondary N) is 2. The van der Waals surface area contributed by atoms with Crippen LogP contribution >= 0.6 is 0 Å². The van der Waals surface area contributed by atoms with Gasteiger partial charge < -0.3 is 15.4 Å². The third-order valence-corrected chi connectivity index (χ3v) is 3.68. The number of hydrogen-bond acceptors (Lipinski definition) is 3. The molecule has 0 radical (unpaired) electrons. The average Bonchev–Trinajstić information content (AvgIpc) is 3.15.